The van der Waals surface area contributed by atoms with Crippen molar-refractivity contribution < 1.29 is 9.53 Å². The number of hydrogen-bond donors (Lipinski definition) is 0. The molecule has 3 heteroatoms. The van der Waals surface area contributed by atoms with Gasteiger partial charge in [-0.05, 0) is 39.5 Å². The summed E-state index contributed by atoms with van der Waals surface area (Å²) < 4.78 is 4.95. The van der Waals surface area contributed by atoms with Gasteiger partial charge in [0.25, 0.3) is 0 Å². The Kier molecular flexibility index (Phi) is 3.69. The van der Waals surface area contributed by atoms with Gasteiger partial charge in [-0.1, -0.05) is 19.9 Å². The maximum atomic E-state index is 11.2. The Morgan fingerprint density at radius 2 is 2.07 bits per heavy atom. The standard InChI is InChI=1S/C11H13BrO2/c1-7(2)8-4-5-10(14-3)9(6-8)11(12)13/h4-7H,1-3H3. The Hall–Kier alpha value is -0.830. The summed E-state index contributed by atoms with van der Waals surface area (Å²) in [6.45, 7) is 4.18. The van der Waals surface area contributed by atoms with E-state index in [-0.39, 0.29) is 4.69 Å². The maximum Gasteiger partial charge on any atom is 0.231 e. The summed E-state index contributed by atoms with van der Waals surface area (Å²) in [4.78, 5) is 11.2. The lowest BCUT2D eigenvalue weighted by atomic mass is 10.0. The first-order valence-corrected chi connectivity index (χ1v) is 5.23. The van der Waals surface area contributed by atoms with E-state index >= 15 is 0 Å². The predicted molar refractivity (Wildman–Crippen MR) is 60.3 cm³/mol. The van der Waals surface area contributed by atoms with Crippen molar-refractivity contribution in [2.45, 2.75) is 19.8 Å². The van der Waals surface area contributed by atoms with Crippen molar-refractivity contribution in [2.24, 2.45) is 0 Å². The molecule has 0 N–H and O–H groups in total. The van der Waals surface area contributed by atoms with Crippen molar-refractivity contribution in [3.05, 3.63) is 29.3 Å². The molecule has 0 heterocycles. The Morgan fingerprint density at radius 3 is 2.50 bits per heavy atom. The summed E-state index contributed by atoms with van der Waals surface area (Å²) >= 11 is 2.94. The first-order valence-electron chi connectivity index (χ1n) is 4.44. The Morgan fingerprint density at radius 1 is 1.43 bits per heavy atom. The van der Waals surface area contributed by atoms with Crippen LogP contribution >= 0.6 is 15.9 Å². The fourth-order valence-electron chi connectivity index (χ4n) is 1.24. The lowest BCUT2D eigenvalue weighted by Crippen LogP contribution is -1.97. The molecule has 0 aliphatic rings. The molecule has 1 aromatic carbocycles. The molecule has 0 spiro atoms. The van der Waals surface area contributed by atoms with Crippen LogP contribution in [0.2, 0.25) is 0 Å². The highest BCUT2D eigenvalue weighted by Gasteiger charge is 2.11. The molecule has 14 heavy (non-hydrogen) atoms. The molecule has 0 atom stereocenters. The van der Waals surface area contributed by atoms with Gasteiger partial charge >= 0.3 is 0 Å². The summed E-state index contributed by atoms with van der Waals surface area (Å²) in [5, 5.41) is 0. The second-order valence-corrected chi connectivity index (χ2v) is 4.11. The quantitative estimate of drug-likeness (QED) is 0.776. The zero-order valence-electron chi connectivity index (χ0n) is 8.50. The van der Waals surface area contributed by atoms with Crippen molar-refractivity contribution >= 4 is 20.6 Å². The summed E-state index contributed by atoms with van der Waals surface area (Å²) in [6, 6.07) is 5.66. The summed E-state index contributed by atoms with van der Waals surface area (Å²) in [6.07, 6.45) is 0. The van der Waals surface area contributed by atoms with Crippen LogP contribution in [-0.2, 0) is 0 Å². The number of benzene rings is 1. The summed E-state index contributed by atoms with van der Waals surface area (Å²) in [5.41, 5.74) is 1.72. The molecule has 1 rings (SSSR count). The average Bonchev–Trinajstić information content (AvgIpc) is 2.16. The predicted octanol–water partition coefficient (Wildman–Crippen LogP) is 3.35. The Balaban J connectivity index is 3.21. The largest absolute Gasteiger partial charge is 0.496 e. The average molecular weight is 257 g/mol. The minimum atomic E-state index is -0.142. The minimum absolute atomic E-state index is 0.142. The van der Waals surface area contributed by atoms with Gasteiger partial charge < -0.3 is 4.74 Å². The van der Waals surface area contributed by atoms with Crippen LogP contribution in [0.5, 0.6) is 5.75 Å². The lowest BCUT2D eigenvalue weighted by molar-refractivity contribution is 0.109. The first kappa shape index (κ1) is 11.2. The van der Waals surface area contributed by atoms with E-state index in [9.17, 15) is 4.79 Å². The van der Waals surface area contributed by atoms with Gasteiger partial charge in [-0.25, -0.2) is 0 Å². The molecule has 0 saturated heterocycles. The third-order valence-corrected chi connectivity index (χ3v) is 2.53. The highest BCUT2D eigenvalue weighted by molar-refractivity contribution is 9.18. The van der Waals surface area contributed by atoms with Crippen LogP contribution < -0.4 is 4.74 Å². The molecule has 1 aromatic rings. The van der Waals surface area contributed by atoms with Crippen molar-refractivity contribution in [1.29, 1.82) is 0 Å². The van der Waals surface area contributed by atoms with Crippen molar-refractivity contribution in [1.82, 2.24) is 0 Å². The van der Waals surface area contributed by atoms with Crippen LogP contribution in [0.3, 0.4) is 0 Å². The van der Waals surface area contributed by atoms with E-state index in [0.29, 0.717) is 17.2 Å². The number of carbonyl (C=O) groups is 1. The molecule has 0 aliphatic carbocycles. The normalized spacial score (nSPS) is 10.4. The summed E-state index contributed by atoms with van der Waals surface area (Å²) in [5.74, 6) is 1.02. The molecule has 0 bridgehead atoms. The smallest absolute Gasteiger partial charge is 0.231 e. The first-order chi connectivity index (χ1) is 6.56. The van der Waals surface area contributed by atoms with Gasteiger partial charge in [0.1, 0.15) is 5.75 Å². The topological polar surface area (TPSA) is 26.3 Å². The van der Waals surface area contributed by atoms with E-state index in [4.69, 9.17) is 4.74 Å². The van der Waals surface area contributed by atoms with Crippen LogP contribution in [-0.4, -0.2) is 11.8 Å². The van der Waals surface area contributed by atoms with Crippen molar-refractivity contribution in [3.8, 4) is 5.75 Å². The van der Waals surface area contributed by atoms with Crippen LogP contribution in [0.4, 0.5) is 0 Å². The zero-order chi connectivity index (χ0) is 10.7. The van der Waals surface area contributed by atoms with Crippen molar-refractivity contribution in [3.63, 3.8) is 0 Å². The van der Waals surface area contributed by atoms with E-state index < -0.39 is 0 Å². The van der Waals surface area contributed by atoms with E-state index in [1.807, 2.05) is 18.2 Å². The van der Waals surface area contributed by atoms with Crippen molar-refractivity contribution in [2.75, 3.05) is 7.11 Å². The number of halogens is 1. The second kappa shape index (κ2) is 4.60. The molecule has 0 fully saturated rings. The van der Waals surface area contributed by atoms with E-state index in [1.54, 1.807) is 7.11 Å². The number of methoxy groups -OCH3 is 1. The van der Waals surface area contributed by atoms with Crippen LogP contribution in [0, 0.1) is 0 Å². The number of carbonyl (C=O) groups excluding carboxylic acids is 1. The molecule has 0 radical (unpaired) electrons. The number of rotatable bonds is 3. The van der Waals surface area contributed by atoms with Gasteiger partial charge in [0.15, 0.2) is 0 Å². The highest BCUT2D eigenvalue weighted by Crippen LogP contribution is 2.25. The lowest BCUT2D eigenvalue weighted by Gasteiger charge is -2.09. The van der Waals surface area contributed by atoms with Gasteiger partial charge in [0, 0.05) is 0 Å². The molecule has 0 unspecified atom stereocenters. The molecule has 0 amide bonds. The second-order valence-electron chi connectivity index (χ2n) is 3.39. The molecule has 0 saturated carbocycles. The van der Waals surface area contributed by atoms with Crippen LogP contribution in [0.25, 0.3) is 0 Å². The Bertz CT molecular complexity index is 345. The maximum absolute atomic E-state index is 11.2. The monoisotopic (exact) mass is 256 g/mol. The number of hydrogen-bond acceptors (Lipinski definition) is 2. The van der Waals surface area contributed by atoms with E-state index in [1.165, 1.54) is 0 Å². The zero-order valence-corrected chi connectivity index (χ0v) is 10.1. The van der Waals surface area contributed by atoms with Gasteiger partial charge in [-0.15, -0.1) is 0 Å². The van der Waals surface area contributed by atoms with Crippen LogP contribution in [0.15, 0.2) is 18.2 Å². The van der Waals surface area contributed by atoms with Gasteiger partial charge in [0.2, 0.25) is 4.69 Å². The molecule has 0 aliphatic heterocycles. The minimum Gasteiger partial charge on any atom is -0.496 e. The summed E-state index contributed by atoms with van der Waals surface area (Å²) in [7, 11) is 1.56. The molecule has 76 valence electrons. The fraction of sp³-hybridized carbons (Fsp3) is 0.364. The van der Waals surface area contributed by atoms with Gasteiger partial charge in [-0.2, -0.15) is 0 Å². The van der Waals surface area contributed by atoms with Gasteiger partial charge in [0.05, 0.1) is 12.7 Å². The van der Waals surface area contributed by atoms with Gasteiger partial charge in [-0.3, -0.25) is 4.79 Å². The van der Waals surface area contributed by atoms with Crippen LogP contribution in [0.1, 0.15) is 35.7 Å². The number of ether oxygens (including phenoxy) is 1. The third kappa shape index (κ3) is 2.35. The third-order valence-electron chi connectivity index (χ3n) is 2.10. The fourth-order valence-corrected chi connectivity index (χ4v) is 1.55. The van der Waals surface area contributed by atoms with E-state index in [2.05, 4.69) is 29.8 Å². The SMILES string of the molecule is COc1ccc(C(C)C)cc1C(=O)Br. The van der Waals surface area contributed by atoms with E-state index in [0.717, 1.165) is 5.56 Å². The highest BCUT2D eigenvalue weighted by atomic mass is 79.9. The molecule has 2 nitrogen and oxygen atoms in total. The Labute approximate surface area is 92.4 Å². The molecule has 0 aromatic heterocycles. The molecular weight excluding hydrogens is 244 g/mol. The molecular formula is C11H13BrO2.